The Kier molecular flexibility index (Phi) is 7.70. The largest absolute Gasteiger partial charge is 0.487 e. The number of fused-ring (bicyclic) bond motifs is 1. The Balaban J connectivity index is 1.61. The first-order valence-corrected chi connectivity index (χ1v) is 12.3. The molecular weight excluding hydrogens is 458 g/mol. The molecule has 3 heterocycles. The molecule has 192 valence electrons. The first-order valence-electron chi connectivity index (χ1n) is 12.3. The maximum atomic E-state index is 12.2. The summed E-state index contributed by atoms with van der Waals surface area (Å²) in [6, 6.07) is 9.96. The second kappa shape index (κ2) is 10.8. The molecule has 0 saturated heterocycles. The third kappa shape index (κ3) is 5.74. The quantitative estimate of drug-likeness (QED) is 0.476. The molecule has 0 saturated carbocycles. The van der Waals surface area contributed by atoms with Gasteiger partial charge in [-0.3, -0.25) is 19.4 Å². The van der Waals surface area contributed by atoms with Crippen LogP contribution in [0.2, 0.25) is 0 Å². The molecule has 2 atom stereocenters. The molecule has 2 aromatic heterocycles. The smallest absolute Gasteiger partial charge is 0.312 e. The number of nitrogens with zero attached hydrogens (tertiary/aromatic N) is 5. The minimum atomic E-state index is -1.15. The predicted octanol–water partition coefficient (Wildman–Crippen LogP) is 4.06. The minimum absolute atomic E-state index is 0.0768. The van der Waals surface area contributed by atoms with Gasteiger partial charge < -0.3 is 14.6 Å². The molecule has 3 aromatic rings. The van der Waals surface area contributed by atoms with Crippen LogP contribution < -0.4 is 4.74 Å². The second-order valence-corrected chi connectivity index (χ2v) is 10.1. The topological polar surface area (TPSA) is 103 Å². The zero-order valence-electron chi connectivity index (χ0n) is 21.6. The Morgan fingerprint density at radius 3 is 2.83 bits per heavy atom. The van der Waals surface area contributed by atoms with E-state index in [2.05, 4.69) is 40.1 Å². The van der Waals surface area contributed by atoms with E-state index in [-0.39, 0.29) is 12.7 Å². The molecule has 0 aliphatic carbocycles. The lowest BCUT2D eigenvalue weighted by molar-refractivity contribution is -0.158. The highest BCUT2D eigenvalue weighted by Gasteiger charge is 2.39. The Morgan fingerprint density at radius 2 is 2.14 bits per heavy atom. The number of hydrogen-bond donors (Lipinski definition) is 1. The van der Waals surface area contributed by atoms with Gasteiger partial charge in [-0.25, -0.2) is 0 Å². The van der Waals surface area contributed by atoms with Crippen molar-refractivity contribution in [2.24, 2.45) is 12.5 Å². The minimum Gasteiger partial charge on any atom is -0.487 e. The van der Waals surface area contributed by atoms with Crippen LogP contribution in [0.5, 0.6) is 5.75 Å². The lowest BCUT2D eigenvalue weighted by Crippen LogP contribution is -2.34. The van der Waals surface area contributed by atoms with Crippen molar-refractivity contribution >= 4 is 5.97 Å². The monoisotopic (exact) mass is 493 g/mol. The van der Waals surface area contributed by atoms with Crippen LogP contribution in [-0.4, -0.2) is 48.6 Å². The van der Waals surface area contributed by atoms with Crippen LogP contribution in [0.3, 0.4) is 0 Å². The maximum Gasteiger partial charge on any atom is 0.312 e. The Labute approximate surface area is 212 Å². The number of rotatable bonds is 9. The summed E-state index contributed by atoms with van der Waals surface area (Å²) in [5.74, 6) is -0.0788. The number of carbonyl (C=O) groups is 1. The molecule has 1 aliphatic heterocycles. The fourth-order valence-electron chi connectivity index (χ4n) is 4.49. The van der Waals surface area contributed by atoms with Crippen molar-refractivity contribution in [2.45, 2.75) is 66.0 Å². The molecule has 0 bridgehead atoms. The van der Waals surface area contributed by atoms with Crippen LogP contribution in [0.1, 0.15) is 61.4 Å². The van der Waals surface area contributed by atoms with E-state index >= 15 is 0 Å². The predicted molar refractivity (Wildman–Crippen MR) is 134 cm³/mol. The van der Waals surface area contributed by atoms with Crippen molar-refractivity contribution in [1.29, 1.82) is 0 Å². The summed E-state index contributed by atoms with van der Waals surface area (Å²) in [6.07, 6.45) is 3.87. The van der Waals surface area contributed by atoms with E-state index in [0.29, 0.717) is 18.8 Å². The fourth-order valence-corrected chi connectivity index (χ4v) is 4.49. The van der Waals surface area contributed by atoms with Gasteiger partial charge in [-0.05, 0) is 56.0 Å². The van der Waals surface area contributed by atoms with Gasteiger partial charge in [-0.1, -0.05) is 30.3 Å². The lowest BCUT2D eigenvalue weighted by atomic mass is 9.81. The van der Waals surface area contributed by atoms with Crippen molar-refractivity contribution in [3.05, 3.63) is 70.8 Å². The number of hydrogen-bond acceptors (Lipinski definition) is 7. The van der Waals surface area contributed by atoms with Gasteiger partial charge in [0.25, 0.3) is 0 Å². The van der Waals surface area contributed by atoms with Gasteiger partial charge in [0.1, 0.15) is 17.5 Å². The van der Waals surface area contributed by atoms with Crippen molar-refractivity contribution in [1.82, 2.24) is 24.9 Å². The average Bonchev–Trinajstić information content (AvgIpc) is 3.16. The van der Waals surface area contributed by atoms with Crippen LogP contribution in [0.15, 0.2) is 42.7 Å². The van der Waals surface area contributed by atoms with E-state index in [4.69, 9.17) is 9.47 Å². The van der Waals surface area contributed by atoms with E-state index in [9.17, 15) is 9.90 Å². The van der Waals surface area contributed by atoms with Crippen LogP contribution in [0.4, 0.5) is 0 Å². The van der Waals surface area contributed by atoms with Crippen molar-refractivity contribution in [3.8, 4) is 5.75 Å². The van der Waals surface area contributed by atoms with Crippen molar-refractivity contribution < 1.29 is 19.4 Å². The van der Waals surface area contributed by atoms with Crippen LogP contribution >= 0.6 is 0 Å². The van der Waals surface area contributed by atoms with E-state index in [1.165, 1.54) is 0 Å². The number of ether oxygens (including phenoxy) is 2. The first-order chi connectivity index (χ1) is 17.2. The molecule has 0 amide bonds. The highest BCUT2D eigenvalue weighted by atomic mass is 16.5. The van der Waals surface area contributed by atoms with Gasteiger partial charge in [0.05, 0.1) is 30.0 Å². The van der Waals surface area contributed by atoms with E-state index < -0.39 is 17.5 Å². The third-order valence-corrected chi connectivity index (χ3v) is 6.76. The summed E-state index contributed by atoms with van der Waals surface area (Å²) < 4.78 is 14.0. The molecule has 0 radical (unpaired) electrons. The van der Waals surface area contributed by atoms with Gasteiger partial charge in [0.15, 0.2) is 0 Å². The third-order valence-electron chi connectivity index (χ3n) is 6.76. The van der Waals surface area contributed by atoms with Gasteiger partial charge >= 0.3 is 5.97 Å². The molecule has 1 N–H and O–H groups in total. The average molecular weight is 494 g/mol. The van der Waals surface area contributed by atoms with Gasteiger partial charge in [-0.2, -0.15) is 0 Å². The molecule has 1 aromatic carbocycles. The molecule has 36 heavy (non-hydrogen) atoms. The Hall–Kier alpha value is -3.30. The molecule has 4 rings (SSSR count). The number of carboxylic acids is 1. The summed E-state index contributed by atoms with van der Waals surface area (Å²) in [5, 5.41) is 18.0. The standard InChI is InChI=1S/C27H35N5O4/c1-6-22-15-32(16-23-24(36-22)8-7-11-28-23)13-20-12-19(10-9-18(20)2)25(27(3,4)26(33)34)35-17-21-14-31(5)30-29-21/h7-12,14,22,25H,6,13,15-17H2,1-5H3,(H,33,34)/t22?,25-/m1/s1. The van der Waals surface area contributed by atoms with E-state index in [1.807, 2.05) is 24.3 Å². The zero-order valence-corrected chi connectivity index (χ0v) is 21.6. The first kappa shape index (κ1) is 25.8. The highest BCUT2D eigenvalue weighted by molar-refractivity contribution is 5.74. The summed E-state index contributed by atoms with van der Waals surface area (Å²) in [6.45, 7) is 9.92. The van der Waals surface area contributed by atoms with E-state index in [1.54, 1.807) is 38.0 Å². The van der Waals surface area contributed by atoms with Gasteiger partial charge in [0, 0.05) is 32.9 Å². The van der Waals surface area contributed by atoms with Crippen LogP contribution in [-0.2, 0) is 36.3 Å². The normalized spacial score (nSPS) is 17.2. The summed E-state index contributed by atoms with van der Waals surface area (Å²) >= 11 is 0. The zero-order chi connectivity index (χ0) is 25.9. The molecule has 9 nitrogen and oxygen atoms in total. The number of benzene rings is 1. The molecule has 9 heteroatoms. The van der Waals surface area contributed by atoms with Crippen molar-refractivity contribution in [2.75, 3.05) is 6.54 Å². The Morgan fingerprint density at radius 1 is 1.33 bits per heavy atom. The molecule has 0 spiro atoms. The second-order valence-electron chi connectivity index (χ2n) is 10.1. The number of aliphatic carboxylic acids is 1. The molecule has 1 unspecified atom stereocenters. The summed E-state index contributed by atoms with van der Waals surface area (Å²) in [5.41, 5.74) is 3.51. The molecular formula is C27H35N5O4. The van der Waals surface area contributed by atoms with Crippen LogP contribution in [0.25, 0.3) is 0 Å². The highest BCUT2D eigenvalue weighted by Crippen LogP contribution is 2.38. The van der Waals surface area contributed by atoms with Crippen molar-refractivity contribution in [3.63, 3.8) is 0 Å². The lowest BCUT2D eigenvalue weighted by Gasteiger charge is -2.31. The number of aromatic nitrogens is 4. The summed E-state index contributed by atoms with van der Waals surface area (Å²) in [7, 11) is 1.78. The van der Waals surface area contributed by atoms with Gasteiger partial charge in [-0.15, -0.1) is 5.10 Å². The van der Waals surface area contributed by atoms with Crippen LogP contribution in [0, 0.1) is 12.3 Å². The number of carboxylic acid groups (broad SMARTS) is 1. The Bertz CT molecular complexity index is 1210. The van der Waals surface area contributed by atoms with E-state index in [0.717, 1.165) is 41.1 Å². The number of aryl methyl sites for hydroxylation is 2. The molecule has 0 fully saturated rings. The number of pyridine rings is 1. The maximum absolute atomic E-state index is 12.2. The SMILES string of the molecule is CCC1CN(Cc2cc([C@@H](OCc3cn(C)nn3)C(C)(C)C(=O)O)ccc2C)Cc2ncccc2O1. The van der Waals surface area contributed by atoms with Gasteiger partial charge in [0.2, 0.25) is 0 Å². The molecule has 1 aliphatic rings. The summed E-state index contributed by atoms with van der Waals surface area (Å²) in [4.78, 5) is 19.1. The fraction of sp³-hybridized carbons (Fsp3) is 0.481.